The molecule has 2 rings (SSSR count). The Morgan fingerprint density at radius 1 is 1.48 bits per heavy atom. The van der Waals surface area contributed by atoms with Gasteiger partial charge in [0, 0.05) is 25.2 Å². The van der Waals surface area contributed by atoms with Crippen LogP contribution in [0.5, 0.6) is 0 Å². The van der Waals surface area contributed by atoms with Crippen molar-refractivity contribution in [3.05, 3.63) is 29.6 Å². The predicted molar refractivity (Wildman–Crippen MR) is 77.8 cm³/mol. The lowest BCUT2D eigenvalue weighted by atomic mass is 9.88. The van der Waals surface area contributed by atoms with Gasteiger partial charge in [-0.2, -0.15) is 0 Å². The summed E-state index contributed by atoms with van der Waals surface area (Å²) in [5, 5.41) is 15.7. The maximum atomic E-state index is 13.4. The molecule has 1 heterocycles. The predicted octanol–water partition coefficient (Wildman–Crippen LogP) is 2.05. The van der Waals surface area contributed by atoms with Crippen LogP contribution in [0.4, 0.5) is 14.9 Å². The summed E-state index contributed by atoms with van der Waals surface area (Å²) in [5.41, 5.74) is -0.505. The summed E-state index contributed by atoms with van der Waals surface area (Å²) in [5.74, 6) is -0.407. The first kappa shape index (κ1) is 15.7. The minimum absolute atomic E-state index is 0.267. The largest absolute Gasteiger partial charge is 0.444 e. The summed E-state index contributed by atoms with van der Waals surface area (Å²) < 4.78 is 18.6. The van der Waals surface area contributed by atoms with Crippen LogP contribution >= 0.6 is 0 Å². The van der Waals surface area contributed by atoms with Gasteiger partial charge in [-0.05, 0) is 44.5 Å². The smallest absolute Gasteiger partial charge is 0.412 e. The number of amides is 1. The van der Waals surface area contributed by atoms with E-state index >= 15 is 0 Å². The number of anilines is 1. The highest BCUT2D eigenvalue weighted by Gasteiger charge is 2.35. The molecule has 1 aliphatic rings. The fourth-order valence-electron chi connectivity index (χ4n) is 2.14. The molecule has 0 aromatic heterocycles. The second-order valence-electron chi connectivity index (χ2n) is 6.43. The third-order valence-corrected chi connectivity index (χ3v) is 3.13. The van der Waals surface area contributed by atoms with Crippen LogP contribution in [0.3, 0.4) is 0 Å². The van der Waals surface area contributed by atoms with Crippen LogP contribution in [0.1, 0.15) is 26.3 Å². The van der Waals surface area contributed by atoms with Gasteiger partial charge >= 0.3 is 6.09 Å². The molecule has 0 saturated carbocycles. The lowest BCUT2D eigenvalue weighted by molar-refractivity contribution is -0.00898. The van der Waals surface area contributed by atoms with Crippen molar-refractivity contribution in [1.82, 2.24) is 5.32 Å². The van der Waals surface area contributed by atoms with Crippen molar-refractivity contribution in [2.24, 2.45) is 0 Å². The summed E-state index contributed by atoms with van der Waals surface area (Å²) in [4.78, 5) is 11.8. The number of nitrogens with one attached hydrogen (secondary N) is 2. The Morgan fingerprint density at radius 3 is 2.67 bits per heavy atom. The third kappa shape index (κ3) is 4.41. The van der Waals surface area contributed by atoms with Gasteiger partial charge in [-0.3, -0.25) is 5.32 Å². The van der Waals surface area contributed by atoms with E-state index in [4.69, 9.17) is 4.74 Å². The maximum Gasteiger partial charge on any atom is 0.412 e. The topological polar surface area (TPSA) is 70.6 Å². The normalized spacial score (nSPS) is 17.0. The van der Waals surface area contributed by atoms with Gasteiger partial charge in [0.05, 0.1) is 5.60 Å². The highest BCUT2D eigenvalue weighted by Crippen LogP contribution is 2.25. The van der Waals surface area contributed by atoms with Gasteiger partial charge in [0.25, 0.3) is 0 Å². The SMILES string of the molecule is CC(C)(C)OC(=O)Nc1ccc(F)cc1CC1(O)CNC1. The Morgan fingerprint density at radius 2 is 2.14 bits per heavy atom. The van der Waals surface area contributed by atoms with Crippen molar-refractivity contribution in [1.29, 1.82) is 0 Å². The Balaban J connectivity index is 2.13. The minimum atomic E-state index is -0.891. The number of carbonyl (C=O) groups excluding carboxylic acids is 1. The molecule has 0 spiro atoms. The van der Waals surface area contributed by atoms with Gasteiger partial charge in [-0.15, -0.1) is 0 Å². The van der Waals surface area contributed by atoms with Crippen molar-refractivity contribution in [2.75, 3.05) is 18.4 Å². The number of β-amino-alcohol motifs (C(OH)–C–C–N with tert-alkyl or cyclic N) is 1. The zero-order valence-corrected chi connectivity index (χ0v) is 12.5. The van der Waals surface area contributed by atoms with Gasteiger partial charge < -0.3 is 15.2 Å². The molecule has 0 atom stereocenters. The van der Waals surface area contributed by atoms with E-state index in [1.165, 1.54) is 18.2 Å². The van der Waals surface area contributed by atoms with E-state index in [1.54, 1.807) is 20.8 Å². The summed E-state index contributed by atoms with van der Waals surface area (Å²) in [6.45, 7) is 6.20. The molecule has 1 saturated heterocycles. The molecule has 0 aliphatic carbocycles. The standard InChI is InChI=1S/C15H21FN2O3/c1-14(2,3)21-13(19)18-12-5-4-11(16)6-10(12)7-15(20)8-17-9-15/h4-6,17,20H,7-9H2,1-3H3,(H,18,19). The maximum absolute atomic E-state index is 13.4. The molecule has 21 heavy (non-hydrogen) atoms. The van der Waals surface area contributed by atoms with Crippen LogP contribution in [0.2, 0.25) is 0 Å². The minimum Gasteiger partial charge on any atom is -0.444 e. The molecule has 1 fully saturated rings. The molecule has 0 unspecified atom stereocenters. The zero-order chi connectivity index (χ0) is 15.7. The van der Waals surface area contributed by atoms with Crippen molar-refractivity contribution in [3.63, 3.8) is 0 Å². The van der Waals surface area contributed by atoms with Gasteiger partial charge in [-0.1, -0.05) is 0 Å². The van der Waals surface area contributed by atoms with Crippen molar-refractivity contribution in [3.8, 4) is 0 Å². The molecule has 0 bridgehead atoms. The lowest BCUT2D eigenvalue weighted by Crippen LogP contribution is -2.60. The molecule has 1 aromatic rings. The molecule has 1 aromatic carbocycles. The summed E-state index contributed by atoms with van der Waals surface area (Å²) >= 11 is 0. The van der Waals surface area contributed by atoms with Crippen molar-refractivity contribution in [2.45, 2.75) is 38.4 Å². The number of benzene rings is 1. The Labute approximate surface area is 123 Å². The number of carbonyl (C=O) groups is 1. The van der Waals surface area contributed by atoms with Gasteiger partial charge in [0.15, 0.2) is 0 Å². The fraction of sp³-hybridized carbons (Fsp3) is 0.533. The van der Waals surface area contributed by atoms with E-state index in [0.29, 0.717) is 24.3 Å². The van der Waals surface area contributed by atoms with Crippen LogP contribution < -0.4 is 10.6 Å². The van der Waals surface area contributed by atoms with Crippen molar-refractivity contribution >= 4 is 11.8 Å². The number of rotatable bonds is 3. The zero-order valence-electron chi connectivity index (χ0n) is 12.5. The van der Waals surface area contributed by atoms with E-state index in [-0.39, 0.29) is 6.42 Å². The number of halogens is 1. The average molecular weight is 296 g/mol. The van der Waals surface area contributed by atoms with Crippen LogP contribution in [-0.4, -0.2) is 35.5 Å². The first-order valence-electron chi connectivity index (χ1n) is 6.88. The van der Waals surface area contributed by atoms with Crippen LogP contribution in [0, 0.1) is 5.82 Å². The number of ether oxygens (including phenoxy) is 1. The molecular formula is C15H21FN2O3. The molecule has 3 N–H and O–H groups in total. The number of aliphatic hydroxyl groups is 1. The molecule has 1 amide bonds. The van der Waals surface area contributed by atoms with Crippen LogP contribution in [0.25, 0.3) is 0 Å². The van der Waals surface area contributed by atoms with E-state index in [9.17, 15) is 14.3 Å². The van der Waals surface area contributed by atoms with E-state index in [1.807, 2.05) is 0 Å². The third-order valence-electron chi connectivity index (χ3n) is 3.13. The second-order valence-corrected chi connectivity index (χ2v) is 6.43. The molecule has 5 nitrogen and oxygen atoms in total. The molecule has 116 valence electrons. The van der Waals surface area contributed by atoms with Gasteiger partial charge in [-0.25, -0.2) is 9.18 Å². The second kappa shape index (κ2) is 5.61. The van der Waals surface area contributed by atoms with Crippen LogP contribution in [-0.2, 0) is 11.2 Å². The van der Waals surface area contributed by atoms with Gasteiger partial charge in [0.1, 0.15) is 11.4 Å². The highest BCUT2D eigenvalue weighted by molar-refractivity contribution is 5.86. The molecular weight excluding hydrogens is 275 g/mol. The highest BCUT2D eigenvalue weighted by atomic mass is 19.1. The average Bonchev–Trinajstić information content (AvgIpc) is 2.28. The first-order chi connectivity index (χ1) is 9.67. The number of hydrogen-bond acceptors (Lipinski definition) is 4. The monoisotopic (exact) mass is 296 g/mol. The number of hydrogen-bond donors (Lipinski definition) is 3. The molecule has 0 radical (unpaired) electrons. The first-order valence-corrected chi connectivity index (χ1v) is 6.88. The van der Waals surface area contributed by atoms with Crippen molar-refractivity contribution < 1.29 is 19.0 Å². The summed E-state index contributed by atoms with van der Waals surface area (Å²) in [6, 6.07) is 4.06. The Hall–Kier alpha value is -1.66. The molecule has 6 heteroatoms. The fourth-order valence-corrected chi connectivity index (χ4v) is 2.14. The lowest BCUT2D eigenvalue weighted by Gasteiger charge is -2.38. The van der Waals surface area contributed by atoms with E-state index in [0.717, 1.165) is 0 Å². The Kier molecular flexibility index (Phi) is 4.20. The quantitative estimate of drug-likeness (QED) is 0.798. The van der Waals surface area contributed by atoms with E-state index in [2.05, 4.69) is 10.6 Å². The van der Waals surface area contributed by atoms with E-state index < -0.39 is 23.1 Å². The Bertz CT molecular complexity index is 536. The van der Waals surface area contributed by atoms with Gasteiger partial charge in [0.2, 0.25) is 0 Å². The summed E-state index contributed by atoms with van der Waals surface area (Å²) in [7, 11) is 0. The summed E-state index contributed by atoms with van der Waals surface area (Å²) in [6.07, 6.45) is -0.336. The molecule has 1 aliphatic heterocycles. The van der Waals surface area contributed by atoms with Crippen LogP contribution in [0.15, 0.2) is 18.2 Å².